The Labute approximate surface area is 180 Å². The van der Waals surface area contributed by atoms with Crippen LogP contribution in [0, 0.1) is 0 Å². The number of nitrogens with one attached hydrogen (secondary N) is 2. The fraction of sp³-hybridized carbons (Fsp3) is 0.304. The van der Waals surface area contributed by atoms with Crippen LogP contribution in [-0.4, -0.2) is 26.0 Å². The third-order valence-electron chi connectivity index (χ3n) is 4.66. The highest BCUT2D eigenvalue weighted by Gasteiger charge is 2.20. The lowest BCUT2D eigenvalue weighted by Gasteiger charge is -2.19. The Morgan fingerprint density at radius 2 is 1.74 bits per heavy atom. The van der Waals surface area contributed by atoms with E-state index in [1.54, 1.807) is 56.7 Å². The highest BCUT2D eigenvalue weighted by Crippen LogP contribution is 2.33. The molecule has 0 aliphatic heterocycles. The molecule has 0 aliphatic rings. The number of nitrogens with zero attached hydrogens (tertiary/aromatic N) is 3. The van der Waals surface area contributed by atoms with Gasteiger partial charge in [-0.3, -0.25) is 14.8 Å². The largest absolute Gasteiger partial charge is 0.386 e. The van der Waals surface area contributed by atoms with Crippen LogP contribution < -0.4 is 10.6 Å². The van der Waals surface area contributed by atoms with Gasteiger partial charge in [0.1, 0.15) is 11.5 Å². The van der Waals surface area contributed by atoms with Gasteiger partial charge in [-0.05, 0) is 39.8 Å². The van der Waals surface area contributed by atoms with Crippen molar-refractivity contribution < 1.29 is 14.3 Å². The molecule has 31 heavy (non-hydrogen) atoms. The summed E-state index contributed by atoms with van der Waals surface area (Å²) in [5.41, 5.74) is 1.04. The molecule has 0 saturated carbocycles. The smallest absolute Gasteiger partial charge is 0.222 e. The van der Waals surface area contributed by atoms with Crippen LogP contribution in [0.5, 0.6) is 0 Å². The summed E-state index contributed by atoms with van der Waals surface area (Å²) < 4.78 is 14.4. The fourth-order valence-corrected chi connectivity index (χ4v) is 2.92. The second kappa shape index (κ2) is 8.39. The van der Waals surface area contributed by atoms with Crippen molar-refractivity contribution in [2.24, 2.45) is 0 Å². The molecular weight excluding hydrogens is 397 g/mol. The minimum atomic E-state index is -1.54. The molecule has 0 atom stereocenters. The molecule has 3 heterocycles. The zero-order valence-corrected chi connectivity index (χ0v) is 18.2. The van der Waals surface area contributed by atoms with Gasteiger partial charge in [0, 0.05) is 48.3 Å². The van der Waals surface area contributed by atoms with Gasteiger partial charge < -0.3 is 15.7 Å². The van der Waals surface area contributed by atoms with Gasteiger partial charge in [0.2, 0.25) is 5.91 Å². The third-order valence-corrected chi connectivity index (χ3v) is 4.66. The normalized spacial score (nSPS) is 11.8. The van der Waals surface area contributed by atoms with Crippen molar-refractivity contribution in [1.82, 2.24) is 15.0 Å². The average Bonchev–Trinajstić information content (AvgIpc) is 2.67. The van der Waals surface area contributed by atoms with Crippen molar-refractivity contribution in [1.29, 1.82) is 0 Å². The second-order valence-electron chi connectivity index (χ2n) is 8.35. The average molecular weight is 423 g/mol. The topological polar surface area (TPSA) is 100 Å². The molecule has 0 saturated heterocycles. The second-order valence-corrected chi connectivity index (χ2v) is 8.35. The Kier molecular flexibility index (Phi) is 6.03. The summed E-state index contributed by atoms with van der Waals surface area (Å²) in [4.78, 5) is 24.3. The van der Waals surface area contributed by atoms with E-state index in [2.05, 4.69) is 25.6 Å². The number of amides is 1. The number of aromatic nitrogens is 3. The monoisotopic (exact) mass is 423 g/mol. The van der Waals surface area contributed by atoms with E-state index in [0.29, 0.717) is 39.6 Å². The van der Waals surface area contributed by atoms with Crippen molar-refractivity contribution in [3.63, 3.8) is 0 Å². The van der Waals surface area contributed by atoms with Crippen LogP contribution in [0.2, 0.25) is 0 Å². The van der Waals surface area contributed by atoms with Gasteiger partial charge in [-0.15, -0.1) is 0 Å². The molecule has 3 aromatic rings. The molecule has 3 N–H and O–H groups in total. The van der Waals surface area contributed by atoms with E-state index in [4.69, 9.17) is 0 Å². The molecule has 0 spiro atoms. The molecule has 0 fully saturated rings. The first-order valence-electron chi connectivity index (χ1n) is 9.82. The maximum Gasteiger partial charge on any atom is 0.222 e. The number of rotatable bonds is 6. The van der Waals surface area contributed by atoms with E-state index in [-0.39, 0.29) is 5.91 Å². The molecule has 3 aromatic heterocycles. The van der Waals surface area contributed by atoms with E-state index in [0.717, 1.165) is 0 Å². The van der Waals surface area contributed by atoms with E-state index < -0.39 is 11.3 Å². The fourth-order valence-electron chi connectivity index (χ4n) is 2.92. The van der Waals surface area contributed by atoms with E-state index in [1.165, 1.54) is 27.0 Å². The van der Waals surface area contributed by atoms with Crippen LogP contribution in [0.4, 0.5) is 21.6 Å². The Bertz CT molecular complexity index is 1090. The Balaban J connectivity index is 2.03. The first-order chi connectivity index (χ1) is 14.4. The number of carbonyl (C=O) groups is 1. The number of anilines is 3. The van der Waals surface area contributed by atoms with Crippen LogP contribution in [0.15, 0.2) is 49.1 Å². The Morgan fingerprint density at radius 3 is 2.32 bits per heavy atom. The predicted molar refractivity (Wildman–Crippen MR) is 119 cm³/mol. The molecule has 0 bridgehead atoms. The van der Waals surface area contributed by atoms with Crippen LogP contribution in [0.3, 0.4) is 0 Å². The lowest BCUT2D eigenvalue weighted by atomic mass is 9.99. The van der Waals surface area contributed by atoms with Crippen molar-refractivity contribution in [3.05, 3.63) is 60.2 Å². The number of alkyl halides is 1. The Morgan fingerprint density at radius 1 is 1.00 bits per heavy atom. The number of hydrogen-bond donors (Lipinski definition) is 3. The van der Waals surface area contributed by atoms with E-state index >= 15 is 0 Å². The lowest BCUT2D eigenvalue weighted by molar-refractivity contribution is -0.114. The molecule has 0 aromatic carbocycles. The summed E-state index contributed by atoms with van der Waals surface area (Å²) in [6.07, 6.45) is 6.27. The maximum atomic E-state index is 14.4. The molecule has 0 radical (unpaired) electrons. The van der Waals surface area contributed by atoms with Gasteiger partial charge in [-0.1, -0.05) is 6.07 Å². The van der Waals surface area contributed by atoms with Gasteiger partial charge in [0.15, 0.2) is 0 Å². The van der Waals surface area contributed by atoms with Crippen molar-refractivity contribution in [2.45, 2.75) is 45.9 Å². The highest BCUT2D eigenvalue weighted by atomic mass is 19.1. The maximum absolute atomic E-state index is 14.4. The van der Waals surface area contributed by atoms with Gasteiger partial charge in [-0.25, -0.2) is 9.37 Å². The lowest BCUT2D eigenvalue weighted by Crippen LogP contribution is -2.15. The third kappa shape index (κ3) is 5.61. The summed E-state index contributed by atoms with van der Waals surface area (Å²) in [7, 11) is 0. The number of hydrogen-bond acceptors (Lipinski definition) is 6. The number of pyridine rings is 3. The molecule has 1 amide bonds. The first kappa shape index (κ1) is 22.3. The minimum Gasteiger partial charge on any atom is -0.386 e. The summed E-state index contributed by atoms with van der Waals surface area (Å²) in [5.74, 6) is 0.114. The van der Waals surface area contributed by atoms with E-state index in [9.17, 15) is 14.3 Å². The molecular formula is C23H26FN5O2. The van der Waals surface area contributed by atoms with Crippen LogP contribution in [-0.2, 0) is 16.1 Å². The minimum absolute atomic E-state index is 0.248. The highest BCUT2D eigenvalue weighted by molar-refractivity contribution is 5.89. The van der Waals surface area contributed by atoms with Crippen molar-refractivity contribution in [3.8, 4) is 11.3 Å². The van der Waals surface area contributed by atoms with E-state index in [1.807, 2.05) is 0 Å². The molecule has 7 nitrogen and oxygen atoms in total. The summed E-state index contributed by atoms with van der Waals surface area (Å²) in [6.45, 7) is 7.71. The van der Waals surface area contributed by atoms with Gasteiger partial charge in [0.25, 0.3) is 0 Å². The molecule has 8 heteroatoms. The first-order valence-corrected chi connectivity index (χ1v) is 9.82. The molecule has 162 valence electrons. The van der Waals surface area contributed by atoms with Gasteiger partial charge in [-0.2, -0.15) is 0 Å². The zero-order chi connectivity index (χ0) is 22.8. The summed E-state index contributed by atoms with van der Waals surface area (Å²) in [5, 5.41) is 16.1. The van der Waals surface area contributed by atoms with Gasteiger partial charge >= 0.3 is 0 Å². The zero-order valence-electron chi connectivity index (χ0n) is 18.2. The van der Waals surface area contributed by atoms with Crippen LogP contribution in [0.25, 0.3) is 11.3 Å². The van der Waals surface area contributed by atoms with Gasteiger partial charge in [0.05, 0.1) is 28.9 Å². The quantitative estimate of drug-likeness (QED) is 0.533. The Hall–Kier alpha value is -3.39. The number of carbonyl (C=O) groups excluding carboxylic acids is 1. The molecule has 0 aliphatic carbocycles. The predicted octanol–water partition coefficient (Wildman–Crippen LogP) is 4.67. The molecule has 0 unspecified atom stereocenters. The number of halogens is 1. The molecule has 3 rings (SSSR count). The van der Waals surface area contributed by atoms with Crippen molar-refractivity contribution in [2.75, 3.05) is 10.6 Å². The SMILES string of the molecule is CC(=O)Nc1cc(Nc2cncc(C(C)(C)F)c2)c(-c2ccc(C(C)(C)O)cn2)cn1. The van der Waals surface area contributed by atoms with Crippen LogP contribution in [0.1, 0.15) is 45.7 Å². The van der Waals surface area contributed by atoms with Crippen molar-refractivity contribution >= 4 is 23.1 Å². The number of aliphatic hydroxyl groups is 1. The van der Waals surface area contributed by atoms with Crippen LogP contribution >= 0.6 is 0 Å². The summed E-state index contributed by atoms with van der Waals surface area (Å²) >= 11 is 0. The summed E-state index contributed by atoms with van der Waals surface area (Å²) in [6, 6.07) is 6.93. The standard InChI is InChI=1S/C23H26FN5O2/c1-14(30)28-21-9-20(29-17-8-16(10-25-12-17)22(2,3)24)18(13-27-21)19-7-6-15(11-26-19)23(4,5)31/h6-13,31H,1-5H3,(H2,27,28,29,30).